The van der Waals surface area contributed by atoms with Crippen molar-refractivity contribution < 1.29 is 9.21 Å². The zero-order chi connectivity index (χ0) is 22.1. The smallest absolute Gasteiger partial charge is 0.252 e. The fourth-order valence-corrected chi connectivity index (χ4v) is 3.91. The van der Waals surface area contributed by atoms with Crippen LogP contribution in [0.15, 0.2) is 53.1 Å². The lowest BCUT2D eigenvalue weighted by molar-refractivity contribution is 0.100. The first-order valence-corrected chi connectivity index (χ1v) is 10.4. The van der Waals surface area contributed by atoms with Gasteiger partial charge in [0, 0.05) is 61.7 Å². The Morgan fingerprint density at radius 3 is 2.62 bits per heavy atom. The summed E-state index contributed by atoms with van der Waals surface area (Å²) in [6, 6.07) is 13.5. The van der Waals surface area contributed by atoms with Gasteiger partial charge in [0.05, 0.1) is 11.3 Å². The van der Waals surface area contributed by atoms with E-state index in [0.29, 0.717) is 17.3 Å². The molecule has 0 atom stereocenters. The normalized spacial score (nSPS) is 14.0. The highest BCUT2D eigenvalue weighted by Gasteiger charge is 2.21. The second kappa shape index (κ2) is 8.27. The number of piperazine rings is 1. The molecule has 3 aromatic heterocycles. The van der Waals surface area contributed by atoms with E-state index in [9.17, 15) is 4.79 Å². The maximum Gasteiger partial charge on any atom is 0.252 e. The number of benzene rings is 1. The lowest BCUT2D eigenvalue weighted by atomic mass is 10.0. The van der Waals surface area contributed by atoms with Crippen molar-refractivity contribution in [3.8, 4) is 34.0 Å². The van der Waals surface area contributed by atoms with E-state index in [4.69, 9.17) is 10.2 Å². The number of nitrogens with one attached hydrogen (secondary N) is 2. The number of primary amides is 1. The topological polar surface area (TPSA) is 126 Å². The molecule has 0 saturated carbocycles. The van der Waals surface area contributed by atoms with E-state index in [2.05, 4.69) is 30.4 Å². The van der Waals surface area contributed by atoms with E-state index >= 15 is 0 Å². The molecule has 0 bridgehead atoms. The summed E-state index contributed by atoms with van der Waals surface area (Å²) in [5.41, 5.74) is 10.4. The molecule has 1 amide bonds. The van der Waals surface area contributed by atoms with Gasteiger partial charge in [0.1, 0.15) is 5.82 Å². The molecule has 4 N–H and O–H groups in total. The van der Waals surface area contributed by atoms with Crippen LogP contribution in [0.1, 0.15) is 16.2 Å². The number of amides is 1. The average Bonchev–Trinajstić information content (AvgIpc) is 3.47. The number of H-pyrrole nitrogens is 1. The molecule has 1 aromatic carbocycles. The fraction of sp³-hybridized carbons (Fsp3) is 0.217. The number of nitrogens with zero attached hydrogens (tertiary/aromatic N) is 4. The van der Waals surface area contributed by atoms with Gasteiger partial charge in [-0.3, -0.25) is 9.78 Å². The minimum absolute atomic E-state index is 0.446. The van der Waals surface area contributed by atoms with E-state index in [1.54, 1.807) is 13.1 Å². The molecule has 1 fully saturated rings. The summed E-state index contributed by atoms with van der Waals surface area (Å²) in [5.74, 6) is 1.30. The monoisotopic (exact) mass is 429 g/mol. The first-order valence-electron chi connectivity index (χ1n) is 10.4. The third-order valence-electron chi connectivity index (χ3n) is 5.50. The minimum atomic E-state index is -0.446. The zero-order valence-electron chi connectivity index (χ0n) is 17.6. The predicted octanol–water partition coefficient (Wildman–Crippen LogP) is 2.61. The SMILES string of the molecule is Cc1nnc(-c2cccc(-c3cc(-c4cc(C(N)=O)c(N5CCNCC5)[nH]4)ccn3)c2)o1. The molecular weight excluding hydrogens is 406 g/mol. The first kappa shape index (κ1) is 20.0. The van der Waals surface area contributed by atoms with Gasteiger partial charge in [0.2, 0.25) is 11.8 Å². The number of anilines is 1. The molecule has 1 saturated heterocycles. The maximum atomic E-state index is 12.1. The number of aryl methyl sites for hydroxylation is 1. The highest BCUT2D eigenvalue weighted by Crippen LogP contribution is 2.31. The largest absolute Gasteiger partial charge is 0.421 e. The minimum Gasteiger partial charge on any atom is -0.421 e. The number of nitrogens with two attached hydrogens (primary N) is 1. The second-order valence-corrected chi connectivity index (χ2v) is 7.68. The predicted molar refractivity (Wildman–Crippen MR) is 121 cm³/mol. The fourth-order valence-electron chi connectivity index (χ4n) is 3.91. The van der Waals surface area contributed by atoms with E-state index < -0.39 is 5.91 Å². The number of aromatic amines is 1. The third kappa shape index (κ3) is 3.85. The molecule has 1 aliphatic heterocycles. The molecular formula is C23H23N7O2. The molecule has 0 radical (unpaired) electrons. The number of aromatic nitrogens is 4. The van der Waals surface area contributed by atoms with E-state index in [0.717, 1.165) is 60.1 Å². The molecule has 0 spiro atoms. The summed E-state index contributed by atoms with van der Waals surface area (Å²) >= 11 is 0. The van der Waals surface area contributed by atoms with E-state index in [-0.39, 0.29) is 0 Å². The van der Waals surface area contributed by atoms with Crippen molar-refractivity contribution in [1.82, 2.24) is 25.5 Å². The zero-order valence-corrected chi connectivity index (χ0v) is 17.6. The lowest BCUT2D eigenvalue weighted by Crippen LogP contribution is -2.44. The van der Waals surface area contributed by atoms with Crippen LogP contribution in [0.5, 0.6) is 0 Å². The molecule has 0 aliphatic carbocycles. The Morgan fingerprint density at radius 2 is 1.88 bits per heavy atom. The number of pyridine rings is 1. The third-order valence-corrected chi connectivity index (χ3v) is 5.50. The molecule has 32 heavy (non-hydrogen) atoms. The summed E-state index contributed by atoms with van der Waals surface area (Å²) in [5, 5.41) is 11.3. The summed E-state index contributed by atoms with van der Waals surface area (Å²) < 4.78 is 5.55. The van der Waals surface area contributed by atoms with Crippen molar-refractivity contribution in [1.29, 1.82) is 0 Å². The Balaban J connectivity index is 1.50. The van der Waals surface area contributed by atoms with Crippen LogP contribution in [0, 0.1) is 6.92 Å². The van der Waals surface area contributed by atoms with Gasteiger partial charge in [-0.1, -0.05) is 12.1 Å². The van der Waals surface area contributed by atoms with Crippen molar-refractivity contribution in [3.63, 3.8) is 0 Å². The van der Waals surface area contributed by atoms with Crippen LogP contribution in [0.2, 0.25) is 0 Å². The van der Waals surface area contributed by atoms with Crippen molar-refractivity contribution >= 4 is 11.7 Å². The van der Waals surface area contributed by atoms with Crippen molar-refractivity contribution in [2.24, 2.45) is 5.73 Å². The molecule has 5 rings (SSSR count). The van der Waals surface area contributed by atoms with Crippen LogP contribution in [-0.2, 0) is 0 Å². The summed E-state index contributed by atoms with van der Waals surface area (Å²) in [4.78, 5) is 22.2. The van der Waals surface area contributed by atoms with Gasteiger partial charge in [0.15, 0.2) is 0 Å². The maximum absolute atomic E-state index is 12.1. The number of hydrogen-bond donors (Lipinski definition) is 3. The molecule has 4 aromatic rings. The van der Waals surface area contributed by atoms with Crippen LogP contribution in [0.3, 0.4) is 0 Å². The highest BCUT2D eigenvalue weighted by atomic mass is 16.4. The van der Waals surface area contributed by atoms with Crippen LogP contribution >= 0.6 is 0 Å². The van der Waals surface area contributed by atoms with Crippen LogP contribution < -0.4 is 16.0 Å². The molecule has 0 unspecified atom stereocenters. The Kier molecular flexibility index (Phi) is 5.16. The Bertz CT molecular complexity index is 1270. The first-order chi connectivity index (χ1) is 15.6. The van der Waals surface area contributed by atoms with Gasteiger partial charge in [-0.25, -0.2) is 0 Å². The Hall–Kier alpha value is -3.98. The molecule has 4 heterocycles. The van der Waals surface area contributed by atoms with Crippen molar-refractivity contribution in [2.75, 3.05) is 31.1 Å². The van der Waals surface area contributed by atoms with Gasteiger partial charge in [-0.05, 0) is 30.3 Å². The summed E-state index contributed by atoms with van der Waals surface area (Å²) in [7, 11) is 0. The summed E-state index contributed by atoms with van der Waals surface area (Å²) in [6.45, 7) is 5.11. The van der Waals surface area contributed by atoms with Crippen molar-refractivity contribution in [2.45, 2.75) is 6.92 Å². The van der Waals surface area contributed by atoms with E-state index in [1.165, 1.54) is 0 Å². The second-order valence-electron chi connectivity index (χ2n) is 7.68. The molecule has 9 nitrogen and oxygen atoms in total. The molecule has 9 heteroatoms. The summed E-state index contributed by atoms with van der Waals surface area (Å²) in [6.07, 6.45) is 1.75. The number of rotatable bonds is 5. The quantitative estimate of drug-likeness (QED) is 0.445. The standard InChI is InChI=1S/C23H23N7O2/c1-14-28-29-23(32-14)17-4-2-3-15(11-17)19-12-16(5-6-26-19)20-13-18(21(24)31)22(27-20)30-9-7-25-8-10-30/h2-6,11-13,25,27H,7-10H2,1H3,(H2,24,31). The van der Waals surface area contributed by atoms with Gasteiger partial charge in [-0.15, -0.1) is 10.2 Å². The van der Waals surface area contributed by atoms with Crippen molar-refractivity contribution in [3.05, 3.63) is 60.1 Å². The number of carbonyl (C=O) groups is 1. The van der Waals surface area contributed by atoms with Crippen LogP contribution in [0.25, 0.3) is 34.0 Å². The number of hydrogen-bond acceptors (Lipinski definition) is 7. The van der Waals surface area contributed by atoms with Gasteiger partial charge in [-0.2, -0.15) is 0 Å². The van der Waals surface area contributed by atoms with Gasteiger partial charge in [0.25, 0.3) is 5.91 Å². The highest BCUT2D eigenvalue weighted by molar-refractivity contribution is 5.99. The average molecular weight is 429 g/mol. The lowest BCUT2D eigenvalue weighted by Gasteiger charge is -2.28. The number of carbonyl (C=O) groups excluding carboxylic acids is 1. The van der Waals surface area contributed by atoms with Gasteiger partial charge < -0.3 is 25.4 Å². The van der Waals surface area contributed by atoms with Crippen LogP contribution in [-0.4, -0.2) is 52.3 Å². The van der Waals surface area contributed by atoms with Crippen LogP contribution in [0.4, 0.5) is 5.82 Å². The Labute approximate surface area is 184 Å². The molecule has 162 valence electrons. The molecule has 1 aliphatic rings. The van der Waals surface area contributed by atoms with E-state index in [1.807, 2.05) is 42.5 Å². The Morgan fingerprint density at radius 1 is 1.06 bits per heavy atom. The van der Waals surface area contributed by atoms with Gasteiger partial charge >= 0.3 is 0 Å².